The number of rotatable bonds is 5. The van der Waals surface area contributed by atoms with Gasteiger partial charge in [-0.05, 0) is 43.3 Å². The van der Waals surface area contributed by atoms with Crippen LogP contribution >= 0.6 is 0 Å². The second-order valence-corrected chi connectivity index (χ2v) is 6.03. The second-order valence-electron chi connectivity index (χ2n) is 6.03. The van der Waals surface area contributed by atoms with Crippen LogP contribution in [0, 0.1) is 6.92 Å². The van der Waals surface area contributed by atoms with Crippen LogP contribution in [0.25, 0.3) is 10.9 Å². The number of hydrogen-bond acceptors (Lipinski definition) is 7. The van der Waals surface area contributed by atoms with E-state index in [0.717, 1.165) is 16.6 Å². The molecule has 3 aromatic heterocycles. The number of fused-ring (bicyclic) bond motifs is 1. The number of hydrogen-bond donors (Lipinski definition) is 2. The number of nitrogens with zero attached hydrogens (tertiary/aromatic N) is 4. The number of anilines is 2. The number of carbonyl (C=O) groups is 1. The van der Waals surface area contributed by atoms with Gasteiger partial charge < -0.3 is 15.8 Å². The predicted molar refractivity (Wildman–Crippen MR) is 105 cm³/mol. The molecule has 4 rings (SSSR count). The summed E-state index contributed by atoms with van der Waals surface area (Å²) in [5, 5.41) is 3.92. The van der Waals surface area contributed by atoms with Crippen LogP contribution < -0.4 is 15.8 Å². The van der Waals surface area contributed by atoms with Crippen LogP contribution in [0.1, 0.15) is 16.1 Å². The molecule has 0 aliphatic rings. The number of nitrogens with one attached hydrogen (secondary N) is 1. The van der Waals surface area contributed by atoms with Gasteiger partial charge in [-0.2, -0.15) is 0 Å². The summed E-state index contributed by atoms with van der Waals surface area (Å²) in [6.45, 7) is 1.74. The van der Waals surface area contributed by atoms with Gasteiger partial charge in [-0.1, -0.05) is 0 Å². The van der Waals surface area contributed by atoms with E-state index in [1.165, 1.54) is 6.20 Å². The first-order valence-corrected chi connectivity index (χ1v) is 8.47. The molecule has 3 heterocycles. The Morgan fingerprint density at radius 1 is 1.11 bits per heavy atom. The molecular weight excluding hydrogens is 356 g/mol. The van der Waals surface area contributed by atoms with Crippen molar-refractivity contribution in [1.82, 2.24) is 19.9 Å². The average molecular weight is 372 g/mol. The lowest BCUT2D eigenvalue weighted by atomic mass is 10.2. The summed E-state index contributed by atoms with van der Waals surface area (Å²) in [6, 6.07) is 10.9. The van der Waals surface area contributed by atoms with E-state index in [1.807, 2.05) is 24.3 Å². The molecule has 4 aromatic rings. The van der Waals surface area contributed by atoms with E-state index in [0.29, 0.717) is 23.0 Å². The molecule has 3 N–H and O–H groups in total. The first-order valence-electron chi connectivity index (χ1n) is 8.47. The zero-order chi connectivity index (χ0) is 19.5. The fourth-order valence-corrected chi connectivity index (χ4v) is 2.70. The van der Waals surface area contributed by atoms with Crippen molar-refractivity contribution in [3.8, 4) is 11.5 Å². The van der Waals surface area contributed by atoms with Crippen molar-refractivity contribution in [2.45, 2.75) is 6.92 Å². The van der Waals surface area contributed by atoms with Crippen LogP contribution in [0.3, 0.4) is 0 Å². The molecule has 0 bridgehead atoms. The maximum absolute atomic E-state index is 11.4. The quantitative estimate of drug-likeness (QED) is 0.552. The third-order valence-corrected chi connectivity index (χ3v) is 4.08. The van der Waals surface area contributed by atoms with Gasteiger partial charge >= 0.3 is 0 Å². The fraction of sp³-hybridized carbons (Fsp3) is 0.0500. The Kier molecular flexibility index (Phi) is 4.51. The van der Waals surface area contributed by atoms with Crippen LogP contribution in [-0.2, 0) is 0 Å². The van der Waals surface area contributed by atoms with Gasteiger partial charge in [-0.3, -0.25) is 14.8 Å². The molecule has 0 unspecified atom stereocenters. The molecule has 0 saturated carbocycles. The molecule has 0 aliphatic heterocycles. The lowest BCUT2D eigenvalue weighted by Gasteiger charge is -2.11. The van der Waals surface area contributed by atoms with Crippen LogP contribution in [0.5, 0.6) is 11.5 Å². The van der Waals surface area contributed by atoms with E-state index >= 15 is 0 Å². The molecule has 138 valence electrons. The van der Waals surface area contributed by atoms with Gasteiger partial charge in [0.1, 0.15) is 17.2 Å². The Labute approximate surface area is 160 Å². The highest BCUT2D eigenvalue weighted by atomic mass is 16.5. The Morgan fingerprint density at radius 2 is 2.00 bits per heavy atom. The summed E-state index contributed by atoms with van der Waals surface area (Å²) >= 11 is 0. The third-order valence-electron chi connectivity index (χ3n) is 4.08. The van der Waals surface area contributed by atoms with E-state index in [1.54, 1.807) is 37.6 Å². The van der Waals surface area contributed by atoms with Gasteiger partial charge in [0.05, 0.1) is 17.4 Å². The fourth-order valence-electron chi connectivity index (χ4n) is 2.70. The van der Waals surface area contributed by atoms with E-state index < -0.39 is 5.91 Å². The van der Waals surface area contributed by atoms with E-state index in [2.05, 4.69) is 25.3 Å². The maximum Gasteiger partial charge on any atom is 0.267 e. The Morgan fingerprint density at radius 3 is 2.79 bits per heavy atom. The van der Waals surface area contributed by atoms with Crippen molar-refractivity contribution < 1.29 is 9.53 Å². The number of primary amides is 1. The second kappa shape index (κ2) is 7.28. The lowest BCUT2D eigenvalue weighted by Crippen LogP contribution is -2.15. The van der Waals surface area contributed by atoms with Crippen molar-refractivity contribution in [3.63, 3.8) is 0 Å². The summed E-state index contributed by atoms with van der Waals surface area (Å²) < 4.78 is 5.91. The number of amides is 1. The van der Waals surface area contributed by atoms with Crippen molar-refractivity contribution in [2.24, 2.45) is 5.73 Å². The van der Waals surface area contributed by atoms with Gasteiger partial charge in [-0.25, -0.2) is 9.97 Å². The van der Waals surface area contributed by atoms with Gasteiger partial charge in [-0.15, -0.1) is 0 Å². The Balaban J connectivity index is 1.60. The largest absolute Gasteiger partial charge is 0.457 e. The number of ether oxygens (including phenoxy) is 1. The molecule has 0 spiro atoms. The standard InChI is InChI=1S/C20H16N6O2/c1-12-17(6-8-23-18(12)19(21)27)28-15-4-5-16-13(9-15)10-24-20(26-16)25-14-3-2-7-22-11-14/h2-11H,1H3,(H2,21,27)(H,24,25,26). The number of benzene rings is 1. The van der Waals surface area contributed by atoms with E-state index in [4.69, 9.17) is 10.5 Å². The van der Waals surface area contributed by atoms with Crippen molar-refractivity contribution >= 4 is 28.4 Å². The summed E-state index contributed by atoms with van der Waals surface area (Å²) in [5.41, 5.74) is 7.68. The molecule has 0 aliphatic carbocycles. The molecule has 8 heteroatoms. The van der Waals surface area contributed by atoms with E-state index in [-0.39, 0.29) is 5.69 Å². The summed E-state index contributed by atoms with van der Waals surface area (Å²) in [5.74, 6) is 0.987. The molecule has 0 saturated heterocycles. The average Bonchev–Trinajstić information content (AvgIpc) is 2.70. The highest BCUT2D eigenvalue weighted by Crippen LogP contribution is 2.28. The van der Waals surface area contributed by atoms with Gasteiger partial charge in [0.15, 0.2) is 0 Å². The topological polar surface area (TPSA) is 116 Å². The smallest absolute Gasteiger partial charge is 0.267 e. The highest BCUT2D eigenvalue weighted by Gasteiger charge is 2.12. The Hall–Kier alpha value is -4.07. The van der Waals surface area contributed by atoms with Crippen molar-refractivity contribution in [3.05, 3.63) is 72.4 Å². The molecular formula is C20H16N6O2. The van der Waals surface area contributed by atoms with Gasteiger partial charge in [0.25, 0.3) is 5.91 Å². The molecule has 1 aromatic carbocycles. The van der Waals surface area contributed by atoms with Gasteiger partial charge in [0, 0.05) is 29.5 Å². The molecule has 8 nitrogen and oxygen atoms in total. The zero-order valence-electron chi connectivity index (χ0n) is 15.0. The van der Waals surface area contributed by atoms with Crippen LogP contribution in [-0.4, -0.2) is 25.8 Å². The number of nitrogens with two attached hydrogens (primary N) is 1. The SMILES string of the molecule is Cc1c(Oc2ccc3nc(Nc4cccnc4)ncc3c2)ccnc1C(N)=O. The number of aromatic nitrogens is 4. The molecule has 1 amide bonds. The van der Waals surface area contributed by atoms with Crippen LogP contribution in [0.2, 0.25) is 0 Å². The summed E-state index contributed by atoms with van der Waals surface area (Å²) in [6.07, 6.45) is 6.60. The molecule has 0 atom stereocenters. The van der Waals surface area contributed by atoms with Crippen LogP contribution in [0.15, 0.2) is 61.2 Å². The minimum Gasteiger partial charge on any atom is -0.457 e. The first-order chi connectivity index (χ1) is 13.6. The molecule has 0 fully saturated rings. The first kappa shape index (κ1) is 17.3. The minimum atomic E-state index is -0.594. The predicted octanol–water partition coefficient (Wildman–Crippen LogP) is 3.36. The molecule has 28 heavy (non-hydrogen) atoms. The van der Waals surface area contributed by atoms with Crippen LogP contribution in [0.4, 0.5) is 11.6 Å². The third kappa shape index (κ3) is 3.56. The lowest BCUT2D eigenvalue weighted by molar-refractivity contribution is 0.0994. The van der Waals surface area contributed by atoms with Crippen molar-refractivity contribution in [2.75, 3.05) is 5.32 Å². The van der Waals surface area contributed by atoms with Crippen molar-refractivity contribution in [1.29, 1.82) is 0 Å². The number of carbonyl (C=O) groups excluding carboxylic acids is 1. The zero-order valence-corrected chi connectivity index (χ0v) is 15.0. The normalized spacial score (nSPS) is 10.6. The summed E-state index contributed by atoms with van der Waals surface area (Å²) in [7, 11) is 0. The number of pyridine rings is 2. The van der Waals surface area contributed by atoms with E-state index in [9.17, 15) is 4.79 Å². The maximum atomic E-state index is 11.4. The summed E-state index contributed by atoms with van der Waals surface area (Å²) in [4.78, 5) is 28.3. The monoisotopic (exact) mass is 372 g/mol. The Bertz CT molecular complexity index is 1160. The highest BCUT2D eigenvalue weighted by molar-refractivity contribution is 5.92. The molecule has 0 radical (unpaired) electrons. The minimum absolute atomic E-state index is 0.188. The van der Waals surface area contributed by atoms with Gasteiger partial charge in [0.2, 0.25) is 5.95 Å².